The SMILES string of the molecule is C1=CC2(C3=CC(c4ccoc4)c4ccc5c6c(ccc3c46)C(C3=COCC3)=CC5c3ccoc3)CC2O1. The summed E-state index contributed by atoms with van der Waals surface area (Å²) >= 11 is 0. The Balaban J connectivity index is 1.37. The molecule has 4 nitrogen and oxygen atoms in total. The Morgan fingerprint density at radius 3 is 2.14 bits per heavy atom. The molecule has 1 saturated carbocycles. The molecule has 4 atom stereocenters. The third-order valence-electron chi connectivity index (χ3n) is 9.05. The fourth-order valence-electron chi connectivity index (χ4n) is 7.16. The number of hydrogen-bond donors (Lipinski definition) is 0. The minimum Gasteiger partial charge on any atom is -0.501 e. The standard InChI is InChI=1S/C33H24O4/c1-2-24-28(21-7-11-36-18-21)14-29(33-8-12-37-30(33)15-33)25-4-3-23-27(20-6-10-35-17-20)13-26(19-5-9-34-16-19)22(1)31(23)32(24)25/h1-5,7-9,11-14,16-18,26,28,30H,6,10,15H2. The lowest BCUT2D eigenvalue weighted by atomic mass is 9.70. The van der Waals surface area contributed by atoms with Crippen LogP contribution in [0.15, 0.2) is 107 Å². The first-order chi connectivity index (χ1) is 18.3. The molecule has 1 fully saturated rings. The summed E-state index contributed by atoms with van der Waals surface area (Å²) in [6.07, 6.45) is 20.5. The van der Waals surface area contributed by atoms with E-state index in [4.69, 9.17) is 18.3 Å². The second-order valence-electron chi connectivity index (χ2n) is 10.8. The maximum Gasteiger partial charge on any atom is 0.112 e. The fraction of sp³-hybridized carbons (Fsp3) is 0.212. The second kappa shape index (κ2) is 6.98. The molecule has 4 heteroatoms. The third kappa shape index (κ3) is 2.58. The number of fused-ring (bicyclic) bond motifs is 1. The first kappa shape index (κ1) is 19.9. The van der Waals surface area contributed by atoms with Crippen molar-refractivity contribution in [2.75, 3.05) is 6.61 Å². The summed E-state index contributed by atoms with van der Waals surface area (Å²) in [4.78, 5) is 0. The van der Waals surface area contributed by atoms with Crippen molar-refractivity contribution in [3.05, 3.63) is 131 Å². The van der Waals surface area contributed by atoms with Crippen LogP contribution < -0.4 is 0 Å². The molecule has 2 aromatic carbocycles. The van der Waals surface area contributed by atoms with Gasteiger partial charge in [-0.25, -0.2) is 0 Å². The van der Waals surface area contributed by atoms with E-state index in [0.29, 0.717) is 0 Å². The largest absolute Gasteiger partial charge is 0.501 e. The number of furan rings is 2. The van der Waals surface area contributed by atoms with Crippen LogP contribution in [0.2, 0.25) is 0 Å². The van der Waals surface area contributed by atoms with Gasteiger partial charge >= 0.3 is 0 Å². The second-order valence-corrected chi connectivity index (χ2v) is 10.8. The smallest absolute Gasteiger partial charge is 0.112 e. The van der Waals surface area contributed by atoms with Crippen molar-refractivity contribution < 1.29 is 18.3 Å². The maximum atomic E-state index is 5.94. The molecular formula is C33H24O4. The molecule has 3 aliphatic carbocycles. The van der Waals surface area contributed by atoms with Crippen LogP contribution in [0.1, 0.15) is 58.1 Å². The zero-order valence-corrected chi connectivity index (χ0v) is 20.1. The van der Waals surface area contributed by atoms with E-state index in [0.717, 1.165) is 19.4 Å². The molecule has 9 rings (SSSR count). The molecule has 4 aromatic rings. The zero-order valence-electron chi connectivity index (χ0n) is 20.1. The van der Waals surface area contributed by atoms with Gasteiger partial charge in [-0.3, -0.25) is 0 Å². The van der Waals surface area contributed by atoms with Crippen molar-refractivity contribution in [1.82, 2.24) is 0 Å². The van der Waals surface area contributed by atoms with Crippen molar-refractivity contribution in [3.8, 4) is 0 Å². The van der Waals surface area contributed by atoms with Gasteiger partial charge in [0.05, 0.1) is 49.6 Å². The Morgan fingerprint density at radius 2 is 1.51 bits per heavy atom. The maximum absolute atomic E-state index is 5.94. The molecule has 0 bridgehead atoms. The van der Waals surface area contributed by atoms with Crippen LogP contribution in [-0.2, 0) is 9.47 Å². The first-order valence-electron chi connectivity index (χ1n) is 13.0. The number of allylic oxidation sites excluding steroid dienone is 3. The molecule has 0 N–H and O–H groups in total. The Morgan fingerprint density at radius 1 is 0.784 bits per heavy atom. The van der Waals surface area contributed by atoms with Crippen molar-refractivity contribution in [2.45, 2.75) is 30.8 Å². The fourth-order valence-corrected chi connectivity index (χ4v) is 7.16. The van der Waals surface area contributed by atoms with Crippen molar-refractivity contribution in [3.63, 3.8) is 0 Å². The van der Waals surface area contributed by atoms with E-state index in [9.17, 15) is 0 Å². The van der Waals surface area contributed by atoms with Gasteiger partial charge in [0.2, 0.25) is 0 Å². The lowest BCUT2D eigenvalue weighted by Crippen LogP contribution is -2.15. The van der Waals surface area contributed by atoms with Crippen LogP contribution in [0.4, 0.5) is 0 Å². The van der Waals surface area contributed by atoms with Gasteiger partial charge in [0.1, 0.15) is 6.10 Å². The number of benzene rings is 2. The van der Waals surface area contributed by atoms with Gasteiger partial charge in [-0.1, -0.05) is 36.4 Å². The Hall–Kier alpha value is -4.18. The molecule has 0 spiro atoms. The lowest BCUT2D eigenvalue weighted by molar-refractivity contribution is 0.237. The highest BCUT2D eigenvalue weighted by molar-refractivity contribution is 6.10. The van der Waals surface area contributed by atoms with E-state index in [2.05, 4.69) is 54.6 Å². The van der Waals surface area contributed by atoms with Crippen molar-refractivity contribution in [2.24, 2.45) is 5.41 Å². The molecule has 0 amide bonds. The third-order valence-corrected chi connectivity index (χ3v) is 9.05. The van der Waals surface area contributed by atoms with Gasteiger partial charge in [-0.2, -0.15) is 0 Å². The molecule has 0 saturated heterocycles. The van der Waals surface area contributed by atoms with Gasteiger partial charge in [-0.05, 0) is 68.0 Å². The number of rotatable bonds is 4. The monoisotopic (exact) mass is 484 g/mol. The Kier molecular flexibility index (Phi) is 3.76. The van der Waals surface area contributed by atoms with E-state index in [1.807, 2.05) is 25.1 Å². The number of hydrogen-bond acceptors (Lipinski definition) is 4. The van der Waals surface area contributed by atoms with Crippen molar-refractivity contribution >= 4 is 21.9 Å². The molecule has 4 heterocycles. The first-order valence-corrected chi connectivity index (χ1v) is 13.0. The molecule has 0 radical (unpaired) electrons. The van der Waals surface area contributed by atoms with E-state index in [1.165, 1.54) is 60.9 Å². The van der Waals surface area contributed by atoms with Crippen LogP contribution in [0.3, 0.4) is 0 Å². The molecular weight excluding hydrogens is 460 g/mol. The van der Waals surface area contributed by atoms with E-state index in [-0.39, 0.29) is 23.4 Å². The van der Waals surface area contributed by atoms with Crippen LogP contribution in [0.25, 0.3) is 21.9 Å². The summed E-state index contributed by atoms with van der Waals surface area (Å²) in [6, 6.07) is 13.5. The summed E-state index contributed by atoms with van der Waals surface area (Å²) in [5.41, 5.74) is 11.6. The van der Waals surface area contributed by atoms with E-state index >= 15 is 0 Å². The zero-order chi connectivity index (χ0) is 24.1. The molecule has 180 valence electrons. The van der Waals surface area contributed by atoms with Gasteiger partial charge in [-0.15, -0.1) is 0 Å². The predicted octanol–water partition coefficient (Wildman–Crippen LogP) is 7.69. The highest BCUT2D eigenvalue weighted by Gasteiger charge is 2.60. The average molecular weight is 485 g/mol. The molecule has 37 heavy (non-hydrogen) atoms. The summed E-state index contributed by atoms with van der Waals surface area (Å²) < 4.78 is 22.8. The van der Waals surface area contributed by atoms with Gasteiger partial charge in [0.25, 0.3) is 0 Å². The van der Waals surface area contributed by atoms with Crippen molar-refractivity contribution in [1.29, 1.82) is 0 Å². The summed E-state index contributed by atoms with van der Waals surface area (Å²) in [5, 5.41) is 2.71. The Labute approximate surface area is 214 Å². The molecule has 2 aliphatic heterocycles. The van der Waals surface area contributed by atoms with Crippen LogP contribution in [0, 0.1) is 5.41 Å². The Bertz CT molecular complexity index is 1710. The van der Waals surface area contributed by atoms with Gasteiger partial charge in [0, 0.05) is 35.8 Å². The minimum absolute atomic E-state index is 0.0291. The van der Waals surface area contributed by atoms with Gasteiger partial charge in [0.15, 0.2) is 0 Å². The van der Waals surface area contributed by atoms with Crippen LogP contribution in [0.5, 0.6) is 0 Å². The normalized spacial score (nSPS) is 28.3. The summed E-state index contributed by atoms with van der Waals surface area (Å²) in [7, 11) is 0. The summed E-state index contributed by atoms with van der Waals surface area (Å²) in [5.74, 6) is 0.251. The predicted molar refractivity (Wildman–Crippen MR) is 141 cm³/mol. The number of ether oxygens (including phenoxy) is 2. The molecule has 5 aliphatic rings. The van der Waals surface area contributed by atoms with E-state index < -0.39 is 0 Å². The van der Waals surface area contributed by atoms with Crippen LogP contribution >= 0.6 is 0 Å². The van der Waals surface area contributed by atoms with Crippen LogP contribution in [-0.4, -0.2) is 12.7 Å². The molecule has 4 unspecified atom stereocenters. The summed E-state index contributed by atoms with van der Waals surface area (Å²) in [6.45, 7) is 0.739. The van der Waals surface area contributed by atoms with Gasteiger partial charge < -0.3 is 18.3 Å². The topological polar surface area (TPSA) is 44.7 Å². The average Bonchev–Trinajstić information content (AvgIpc) is 3.61. The minimum atomic E-state index is -0.0291. The van der Waals surface area contributed by atoms with E-state index in [1.54, 1.807) is 12.5 Å². The highest BCUT2D eigenvalue weighted by atomic mass is 16.5. The highest BCUT2D eigenvalue weighted by Crippen LogP contribution is 2.64. The lowest BCUT2D eigenvalue weighted by Gasteiger charge is -2.33. The quantitative estimate of drug-likeness (QED) is 0.298. The molecule has 2 aromatic heterocycles.